The predicted molar refractivity (Wildman–Crippen MR) is 85.0 cm³/mol. The lowest BCUT2D eigenvalue weighted by atomic mass is 10.1. The molecule has 23 heavy (non-hydrogen) atoms. The molecule has 0 aliphatic carbocycles. The second kappa shape index (κ2) is 6.32. The van der Waals surface area contributed by atoms with E-state index in [2.05, 4.69) is 22.5 Å². The number of fused-ring (bicyclic) bond motifs is 1. The van der Waals surface area contributed by atoms with Crippen LogP contribution in [0.3, 0.4) is 0 Å². The Balaban J connectivity index is 2.01. The quantitative estimate of drug-likeness (QED) is 0.627. The topological polar surface area (TPSA) is 58.2 Å². The maximum Gasteiger partial charge on any atom is 0.253 e. The number of halogens is 1. The van der Waals surface area contributed by atoms with Gasteiger partial charge in [-0.3, -0.25) is 9.59 Å². The highest BCUT2D eigenvalue weighted by atomic mass is 19.1. The monoisotopic (exact) mass is 308 g/mol. The Kier molecular flexibility index (Phi) is 4.07. The van der Waals surface area contributed by atoms with Crippen LogP contribution in [-0.4, -0.2) is 25.3 Å². The highest BCUT2D eigenvalue weighted by molar-refractivity contribution is 6.01. The Morgan fingerprint density at radius 3 is 2.52 bits per heavy atom. The minimum absolute atomic E-state index is 0.253. The van der Waals surface area contributed by atoms with Crippen LogP contribution in [0.2, 0.25) is 0 Å². The largest absolute Gasteiger partial charge is 0.382 e. The lowest BCUT2D eigenvalue weighted by molar-refractivity contribution is 0.0957. The zero-order chi connectivity index (χ0) is 16.2. The molecular weight excluding hydrogens is 295 g/mol. The molecule has 3 rings (SSSR count). The number of rotatable bonds is 1. The molecule has 5 heteroatoms. The Labute approximate surface area is 132 Å². The molecule has 0 saturated heterocycles. The predicted octanol–water partition coefficient (Wildman–Crippen LogP) is 2.19. The van der Waals surface area contributed by atoms with Gasteiger partial charge in [0.1, 0.15) is 12.1 Å². The van der Waals surface area contributed by atoms with Crippen LogP contribution in [0.15, 0.2) is 36.4 Å². The van der Waals surface area contributed by atoms with Gasteiger partial charge in [-0.25, -0.2) is 4.39 Å². The normalized spacial score (nSPS) is 12.8. The number of nitrogens with one attached hydrogen (secondary N) is 2. The fourth-order valence-corrected chi connectivity index (χ4v) is 2.32. The summed E-state index contributed by atoms with van der Waals surface area (Å²) in [6.07, 6.45) is 0.756. The van der Waals surface area contributed by atoms with E-state index >= 15 is 0 Å². The number of benzene rings is 2. The first-order valence-corrected chi connectivity index (χ1v) is 7.10. The van der Waals surface area contributed by atoms with Crippen LogP contribution in [0.5, 0.6) is 0 Å². The molecule has 0 fully saturated rings. The maximum absolute atomic E-state index is 13.8. The third-order valence-electron chi connectivity index (χ3n) is 3.45. The average Bonchev–Trinajstić information content (AvgIpc) is 2.75. The summed E-state index contributed by atoms with van der Waals surface area (Å²) < 4.78 is 13.8. The molecule has 0 atom stereocenters. The van der Waals surface area contributed by atoms with Gasteiger partial charge in [0.25, 0.3) is 5.91 Å². The van der Waals surface area contributed by atoms with Gasteiger partial charge in [-0.05, 0) is 24.3 Å². The molecule has 1 amide bonds. The second-order valence-electron chi connectivity index (χ2n) is 5.05. The molecular formula is C18H13FN2O2. The molecule has 1 heterocycles. The number of anilines is 1. The van der Waals surface area contributed by atoms with Crippen LogP contribution in [0, 0.1) is 17.7 Å². The van der Waals surface area contributed by atoms with Crippen molar-refractivity contribution in [1.82, 2.24) is 5.32 Å². The van der Waals surface area contributed by atoms with Gasteiger partial charge >= 0.3 is 0 Å². The Morgan fingerprint density at radius 2 is 1.78 bits per heavy atom. The number of hydrogen-bond acceptors (Lipinski definition) is 3. The molecule has 0 saturated carbocycles. The third kappa shape index (κ3) is 3.22. The van der Waals surface area contributed by atoms with Crippen LogP contribution in [0.4, 0.5) is 10.1 Å². The summed E-state index contributed by atoms with van der Waals surface area (Å²) in [7, 11) is 0. The van der Waals surface area contributed by atoms with Crippen LogP contribution in [0.25, 0.3) is 0 Å². The first-order chi connectivity index (χ1) is 11.2. The summed E-state index contributed by atoms with van der Waals surface area (Å²) in [6, 6.07) is 9.26. The number of carbonyl (C=O) groups is 2. The van der Waals surface area contributed by atoms with Crippen molar-refractivity contribution in [3.63, 3.8) is 0 Å². The van der Waals surface area contributed by atoms with E-state index in [1.54, 1.807) is 24.3 Å². The van der Waals surface area contributed by atoms with E-state index in [1.165, 1.54) is 12.1 Å². The van der Waals surface area contributed by atoms with Crippen LogP contribution >= 0.6 is 0 Å². The van der Waals surface area contributed by atoms with Gasteiger partial charge in [-0.15, -0.1) is 0 Å². The smallest absolute Gasteiger partial charge is 0.253 e. The van der Waals surface area contributed by atoms with E-state index < -0.39 is 5.82 Å². The molecule has 114 valence electrons. The van der Waals surface area contributed by atoms with Crippen molar-refractivity contribution in [2.75, 3.05) is 18.4 Å². The Hall–Kier alpha value is -3.13. The molecule has 0 unspecified atom stereocenters. The summed E-state index contributed by atoms with van der Waals surface area (Å²) in [5.41, 5.74) is 2.48. The molecule has 0 aromatic heterocycles. The summed E-state index contributed by atoms with van der Waals surface area (Å²) in [5.74, 6) is 4.99. The van der Waals surface area contributed by atoms with Gasteiger partial charge in [0.05, 0.1) is 16.8 Å². The first kappa shape index (κ1) is 14.8. The van der Waals surface area contributed by atoms with Crippen LogP contribution in [0.1, 0.15) is 31.8 Å². The van der Waals surface area contributed by atoms with Gasteiger partial charge in [0.2, 0.25) is 0 Å². The molecule has 2 N–H and O–H groups in total. The molecule has 0 bridgehead atoms. The zero-order valence-corrected chi connectivity index (χ0v) is 12.2. The van der Waals surface area contributed by atoms with Crippen LogP contribution < -0.4 is 10.6 Å². The van der Waals surface area contributed by atoms with Crippen molar-refractivity contribution in [3.05, 3.63) is 64.5 Å². The molecule has 1 aliphatic rings. The fourth-order valence-electron chi connectivity index (χ4n) is 2.32. The van der Waals surface area contributed by atoms with Crippen molar-refractivity contribution < 1.29 is 14.0 Å². The Morgan fingerprint density at radius 1 is 1.04 bits per heavy atom. The minimum atomic E-state index is -0.511. The number of amides is 1. The fraction of sp³-hybridized carbons (Fsp3) is 0.111. The number of carbonyl (C=O) groups excluding carboxylic acids is 2. The van der Waals surface area contributed by atoms with E-state index in [-0.39, 0.29) is 11.5 Å². The molecule has 4 nitrogen and oxygen atoms in total. The Bertz CT molecular complexity index is 833. The zero-order valence-electron chi connectivity index (χ0n) is 12.2. The van der Waals surface area contributed by atoms with Crippen molar-refractivity contribution >= 4 is 17.9 Å². The standard InChI is InChI=1S/C18H13FN2O2/c19-15-9-14(6-5-12-1-3-13(11-22)4-2-12)17-16(10-15)18(23)21-8-7-20-17/h1-4,9-11,20H,7-8H2,(H,21,23). The summed E-state index contributed by atoms with van der Waals surface area (Å²) in [4.78, 5) is 22.6. The van der Waals surface area contributed by atoms with E-state index in [0.717, 1.165) is 6.29 Å². The lowest BCUT2D eigenvalue weighted by Crippen LogP contribution is -2.24. The first-order valence-electron chi connectivity index (χ1n) is 7.10. The van der Waals surface area contributed by atoms with Crippen molar-refractivity contribution in [2.45, 2.75) is 0 Å². The second-order valence-corrected chi connectivity index (χ2v) is 5.05. The number of hydrogen-bond donors (Lipinski definition) is 2. The van der Waals surface area contributed by atoms with Gasteiger partial charge in [0, 0.05) is 24.2 Å². The highest BCUT2D eigenvalue weighted by Gasteiger charge is 2.18. The maximum atomic E-state index is 13.8. The van der Waals surface area contributed by atoms with Gasteiger partial charge in [-0.2, -0.15) is 0 Å². The van der Waals surface area contributed by atoms with E-state index in [0.29, 0.717) is 35.5 Å². The van der Waals surface area contributed by atoms with E-state index in [9.17, 15) is 14.0 Å². The molecule has 0 spiro atoms. The van der Waals surface area contributed by atoms with Crippen molar-refractivity contribution in [1.29, 1.82) is 0 Å². The highest BCUT2D eigenvalue weighted by Crippen LogP contribution is 2.23. The number of aldehydes is 1. The van der Waals surface area contributed by atoms with Gasteiger partial charge in [-0.1, -0.05) is 24.0 Å². The van der Waals surface area contributed by atoms with Crippen molar-refractivity contribution in [2.24, 2.45) is 0 Å². The van der Waals surface area contributed by atoms with E-state index in [4.69, 9.17) is 0 Å². The lowest BCUT2D eigenvalue weighted by Gasteiger charge is -2.08. The third-order valence-corrected chi connectivity index (χ3v) is 3.45. The minimum Gasteiger partial charge on any atom is -0.382 e. The molecule has 1 aliphatic heterocycles. The molecule has 0 radical (unpaired) electrons. The van der Waals surface area contributed by atoms with Gasteiger partial charge < -0.3 is 10.6 Å². The van der Waals surface area contributed by atoms with Crippen LogP contribution in [-0.2, 0) is 0 Å². The SMILES string of the molecule is O=Cc1ccc(C#Cc2cc(F)cc3c2NCCNC3=O)cc1. The summed E-state index contributed by atoms with van der Waals surface area (Å²) in [5, 5.41) is 5.80. The van der Waals surface area contributed by atoms with Crippen molar-refractivity contribution in [3.8, 4) is 11.8 Å². The average molecular weight is 308 g/mol. The summed E-state index contributed by atoms with van der Waals surface area (Å²) in [6.45, 7) is 1.02. The summed E-state index contributed by atoms with van der Waals surface area (Å²) >= 11 is 0. The van der Waals surface area contributed by atoms with E-state index in [1.807, 2.05) is 0 Å². The van der Waals surface area contributed by atoms with Gasteiger partial charge in [0.15, 0.2) is 0 Å². The molecule has 2 aromatic rings. The molecule has 2 aromatic carbocycles.